The van der Waals surface area contributed by atoms with E-state index in [-0.39, 0.29) is 36.5 Å². The molecule has 1 aliphatic heterocycles. The number of ether oxygens (including phenoxy) is 1. The Bertz CT molecular complexity index is 1780. The molecule has 3 aromatic rings. The molecule has 11 heteroatoms. The van der Waals surface area contributed by atoms with Crippen molar-refractivity contribution in [1.82, 2.24) is 10.2 Å². The van der Waals surface area contributed by atoms with E-state index in [0.29, 0.717) is 44.2 Å². The van der Waals surface area contributed by atoms with Crippen LogP contribution in [0.15, 0.2) is 84.9 Å². The Hall–Kier alpha value is -4.51. The van der Waals surface area contributed by atoms with Crippen molar-refractivity contribution in [2.24, 2.45) is 5.41 Å². The number of nitrogens with zero attached hydrogens (tertiary/aromatic N) is 2. The number of rotatable bonds is 15. The first-order valence-electron chi connectivity index (χ1n) is 17.9. The molecular weight excluding hydrogens is 667 g/mol. The third-order valence-corrected chi connectivity index (χ3v) is 11.1. The summed E-state index contributed by atoms with van der Waals surface area (Å²) in [5, 5.41) is 3.00. The monoisotopic (exact) mass is 715 g/mol. The van der Waals surface area contributed by atoms with Gasteiger partial charge in [-0.25, -0.2) is 13.2 Å². The van der Waals surface area contributed by atoms with Gasteiger partial charge < -0.3 is 15.0 Å². The lowest BCUT2D eigenvalue weighted by atomic mass is 9.80. The molecule has 0 aromatic heterocycles. The van der Waals surface area contributed by atoms with E-state index in [0.717, 1.165) is 29.5 Å². The van der Waals surface area contributed by atoms with E-state index >= 15 is 0 Å². The number of sulfone groups is 1. The number of unbranched alkanes of at least 4 members (excludes halogenated alkanes) is 1. The molecule has 1 N–H and O–H groups in total. The van der Waals surface area contributed by atoms with Crippen LogP contribution >= 0.6 is 0 Å². The standard InChI is InChI=1S/C40H49N3O7S/c1-4-50-38(46)34(41-39(47)40(23-11-12-24-40)25-13-14-26-51(3,48)49)27-31-19-21-33(22-20-31)43-36(32-17-9-6-10-18-32)42(29(2)44)35(37(43)45)28-30-15-7-5-8-16-30/h5-10,15-22,34-36H,4,11-14,23-28H2,1-3H3,(H,41,47)/t34?,35-,36?/m1/s1. The summed E-state index contributed by atoms with van der Waals surface area (Å²) in [6, 6.07) is 24.8. The van der Waals surface area contributed by atoms with E-state index < -0.39 is 39.5 Å². The number of benzene rings is 3. The first-order valence-corrected chi connectivity index (χ1v) is 19.9. The Balaban J connectivity index is 1.38. The number of nitrogens with one attached hydrogen (secondary N) is 1. The molecule has 10 nitrogen and oxygen atoms in total. The Kier molecular flexibility index (Phi) is 12.3. The van der Waals surface area contributed by atoms with Gasteiger partial charge in [-0.3, -0.25) is 19.3 Å². The van der Waals surface area contributed by atoms with Crippen LogP contribution in [-0.2, 0) is 46.6 Å². The van der Waals surface area contributed by atoms with Gasteiger partial charge in [0.15, 0.2) is 0 Å². The third-order valence-electron chi connectivity index (χ3n) is 10.1. The van der Waals surface area contributed by atoms with Crippen LogP contribution in [-0.4, -0.2) is 67.7 Å². The molecule has 272 valence electrons. The summed E-state index contributed by atoms with van der Waals surface area (Å²) in [6.45, 7) is 3.37. The first kappa shape index (κ1) is 37.7. The summed E-state index contributed by atoms with van der Waals surface area (Å²) in [5.74, 6) is -1.04. The van der Waals surface area contributed by atoms with E-state index in [1.807, 2.05) is 84.9 Å². The van der Waals surface area contributed by atoms with Gasteiger partial charge in [-0.15, -0.1) is 0 Å². The highest BCUT2D eigenvalue weighted by atomic mass is 32.2. The van der Waals surface area contributed by atoms with E-state index in [2.05, 4.69) is 5.32 Å². The molecule has 5 rings (SSSR count). The normalized spacial score (nSPS) is 19.2. The molecule has 1 heterocycles. The van der Waals surface area contributed by atoms with Crippen molar-refractivity contribution in [2.45, 2.75) is 89.9 Å². The van der Waals surface area contributed by atoms with Gasteiger partial charge in [-0.05, 0) is 61.4 Å². The predicted octanol–water partition coefficient (Wildman–Crippen LogP) is 5.56. The minimum Gasteiger partial charge on any atom is -0.464 e. The highest BCUT2D eigenvalue weighted by molar-refractivity contribution is 7.90. The topological polar surface area (TPSA) is 130 Å². The van der Waals surface area contributed by atoms with Crippen LogP contribution < -0.4 is 10.2 Å². The highest BCUT2D eigenvalue weighted by Crippen LogP contribution is 2.43. The van der Waals surface area contributed by atoms with Crippen molar-refractivity contribution < 1.29 is 32.3 Å². The summed E-state index contributed by atoms with van der Waals surface area (Å²) < 4.78 is 28.7. The fourth-order valence-corrected chi connectivity index (χ4v) is 8.29. The Morgan fingerprint density at radius 1 is 0.902 bits per heavy atom. The molecule has 1 saturated carbocycles. The SMILES string of the molecule is CCOC(=O)C(Cc1ccc(N2C(=O)[C@@H](Cc3ccccc3)N(C(C)=O)C2c2ccccc2)cc1)NC(=O)C1(CCCCS(C)(=O)=O)CCCC1. The van der Waals surface area contributed by atoms with Crippen LogP contribution in [0.1, 0.15) is 81.6 Å². The van der Waals surface area contributed by atoms with Crippen LogP contribution in [0.2, 0.25) is 0 Å². The quantitative estimate of drug-likeness (QED) is 0.161. The molecule has 2 unspecified atom stereocenters. The van der Waals surface area contributed by atoms with Crippen molar-refractivity contribution in [1.29, 1.82) is 0 Å². The van der Waals surface area contributed by atoms with Crippen LogP contribution in [0.3, 0.4) is 0 Å². The zero-order valence-electron chi connectivity index (χ0n) is 29.8. The van der Waals surface area contributed by atoms with Gasteiger partial charge in [-0.2, -0.15) is 0 Å². The average molecular weight is 716 g/mol. The number of hydrogen-bond acceptors (Lipinski definition) is 7. The molecule has 0 radical (unpaired) electrons. The Morgan fingerprint density at radius 3 is 2.12 bits per heavy atom. The maximum Gasteiger partial charge on any atom is 0.328 e. The van der Waals surface area contributed by atoms with Crippen molar-refractivity contribution >= 4 is 39.2 Å². The maximum absolute atomic E-state index is 14.2. The van der Waals surface area contributed by atoms with Gasteiger partial charge in [-0.1, -0.05) is 92.1 Å². The molecule has 1 saturated heterocycles. The number of amides is 3. The van der Waals surface area contributed by atoms with Crippen molar-refractivity contribution in [2.75, 3.05) is 23.5 Å². The molecule has 51 heavy (non-hydrogen) atoms. The van der Waals surface area contributed by atoms with Crippen molar-refractivity contribution in [3.05, 3.63) is 102 Å². The zero-order valence-corrected chi connectivity index (χ0v) is 30.6. The lowest BCUT2D eigenvalue weighted by Gasteiger charge is -2.31. The maximum atomic E-state index is 14.2. The van der Waals surface area contributed by atoms with Gasteiger partial charge in [0.1, 0.15) is 28.1 Å². The highest BCUT2D eigenvalue weighted by Gasteiger charge is 2.48. The van der Waals surface area contributed by atoms with E-state index in [1.54, 1.807) is 16.7 Å². The van der Waals surface area contributed by atoms with E-state index in [1.165, 1.54) is 13.2 Å². The fourth-order valence-electron chi connectivity index (χ4n) is 7.56. The smallest absolute Gasteiger partial charge is 0.328 e. The summed E-state index contributed by atoms with van der Waals surface area (Å²) in [4.78, 5) is 57.8. The second kappa shape index (κ2) is 16.7. The lowest BCUT2D eigenvalue weighted by molar-refractivity contribution is -0.148. The number of esters is 1. The first-order chi connectivity index (χ1) is 24.4. The Labute approximate surface area is 301 Å². The molecule has 0 bridgehead atoms. The second-order valence-corrected chi connectivity index (χ2v) is 16.1. The molecule has 1 aliphatic carbocycles. The molecular formula is C40H49N3O7S. The number of hydrogen-bond donors (Lipinski definition) is 1. The van der Waals surface area contributed by atoms with Gasteiger partial charge in [0.25, 0.3) is 5.91 Å². The van der Waals surface area contributed by atoms with Crippen LogP contribution in [0.4, 0.5) is 5.69 Å². The van der Waals surface area contributed by atoms with Gasteiger partial charge in [0.05, 0.1) is 6.61 Å². The minimum absolute atomic E-state index is 0.0851. The molecule has 3 amide bonds. The van der Waals surface area contributed by atoms with Gasteiger partial charge in [0, 0.05) is 42.9 Å². The van der Waals surface area contributed by atoms with Crippen molar-refractivity contribution in [3.8, 4) is 0 Å². The van der Waals surface area contributed by atoms with Gasteiger partial charge in [0.2, 0.25) is 11.8 Å². The molecule has 3 aromatic carbocycles. The predicted molar refractivity (Wildman–Crippen MR) is 196 cm³/mol. The molecule has 3 atom stereocenters. The summed E-state index contributed by atoms with van der Waals surface area (Å²) in [6.07, 6.45) is 5.97. The summed E-state index contributed by atoms with van der Waals surface area (Å²) >= 11 is 0. The largest absolute Gasteiger partial charge is 0.464 e. The second-order valence-electron chi connectivity index (χ2n) is 13.8. The Morgan fingerprint density at radius 2 is 1.53 bits per heavy atom. The van der Waals surface area contributed by atoms with Crippen LogP contribution in [0, 0.1) is 5.41 Å². The van der Waals surface area contributed by atoms with Crippen LogP contribution in [0.25, 0.3) is 0 Å². The zero-order chi connectivity index (χ0) is 36.6. The number of carbonyl (C=O) groups excluding carboxylic acids is 4. The molecule has 0 spiro atoms. The molecule has 2 fully saturated rings. The minimum atomic E-state index is -3.08. The van der Waals surface area contributed by atoms with E-state index in [9.17, 15) is 27.6 Å². The number of anilines is 1. The summed E-state index contributed by atoms with van der Waals surface area (Å²) in [7, 11) is -3.08. The van der Waals surface area contributed by atoms with Crippen molar-refractivity contribution in [3.63, 3.8) is 0 Å². The van der Waals surface area contributed by atoms with Crippen LogP contribution in [0.5, 0.6) is 0 Å². The fraction of sp³-hybridized carbons (Fsp3) is 0.450. The lowest BCUT2D eigenvalue weighted by Crippen LogP contribution is -2.49. The van der Waals surface area contributed by atoms with E-state index in [4.69, 9.17) is 4.74 Å². The average Bonchev–Trinajstić information content (AvgIpc) is 3.71. The number of carbonyl (C=O) groups is 4. The van der Waals surface area contributed by atoms with Gasteiger partial charge >= 0.3 is 5.97 Å². The third kappa shape index (κ3) is 9.24. The molecule has 2 aliphatic rings. The summed E-state index contributed by atoms with van der Waals surface area (Å²) in [5.41, 5.74) is 2.48.